The summed E-state index contributed by atoms with van der Waals surface area (Å²) in [6.45, 7) is 0. The second-order valence-electron chi connectivity index (χ2n) is 3.29. The number of hydrogen-bond donors (Lipinski definition) is 0. The minimum absolute atomic E-state index is 0.273. The maximum atomic E-state index is 11.3. The number of ketones is 1. The Morgan fingerprint density at radius 1 is 1.47 bits per heavy atom. The first-order valence-corrected chi connectivity index (χ1v) is 4.93. The zero-order chi connectivity index (χ0) is 12.7. The van der Waals surface area contributed by atoms with Crippen LogP contribution in [0.3, 0.4) is 0 Å². The third-order valence-corrected chi connectivity index (χ3v) is 2.02. The molecule has 0 aromatic heterocycles. The fraction of sp³-hybridized carbons (Fsp3) is 0.154. The maximum Gasteiger partial charge on any atom is 0.313 e. The Kier molecular flexibility index (Phi) is 4.64. The lowest BCUT2D eigenvalue weighted by molar-refractivity contribution is -0.142. The number of methoxy groups -OCH3 is 1. The number of carbonyl (C=O) groups excluding carboxylic acids is 2. The van der Waals surface area contributed by atoms with Crippen LogP contribution in [0.4, 0.5) is 0 Å². The Morgan fingerprint density at radius 2 is 2.24 bits per heavy atom. The van der Waals surface area contributed by atoms with Crippen LogP contribution in [0, 0.1) is 11.3 Å². The highest BCUT2D eigenvalue weighted by Crippen LogP contribution is 2.06. The van der Waals surface area contributed by atoms with Crippen LogP contribution >= 0.6 is 0 Å². The van der Waals surface area contributed by atoms with Gasteiger partial charge in [-0.15, -0.1) is 0 Å². The smallest absolute Gasteiger partial charge is 0.313 e. The topological polar surface area (TPSA) is 67.2 Å². The molecule has 0 amide bonds. The fourth-order valence-corrected chi connectivity index (χ4v) is 1.17. The molecule has 1 aromatic carbocycles. The number of nitrogens with zero attached hydrogens (tertiary/aromatic N) is 1. The number of rotatable bonds is 4. The standard InChI is InChI=1S/C13H11NO3/c1-17-13(16)8-12(15)6-5-10-3-2-4-11(7-10)9-14/h2-7H,8H2,1H3. The van der Waals surface area contributed by atoms with Crippen LogP contribution in [-0.2, 0) is 14.3 Å². The number of carbonyl (C=O) groups is 2. The van der Waals surface area contributed by atoms with Crippen molar-refractivity contribution in [1.82, 2.24) is 0 Å². The molecule has 0 unspecified atom stereocenters. The molecule has 0 N–H and O–H groups in total. The number of ether oxygens (including phenoxy) is 1. The van der Waals surface area contributed by atoms with Crippen molar-refractivity contribution in [2.24, 2.45) is 0 Å². The Balaban J connectivity index is 2.67. The van der Waals surface area contributed by atoms with E-state index in [1.165, 1.54) is 13.2 Å². The molecule has 4 heteroatoms. The third-order valence-electron chi connectivity index (χ3n) is 2.02. The van der Waals surface area contributed by atoms with Crippen LogP contribution in [0.2, 0.25) is 0 Å². The Bertz CT molecular complexity index is 498. The molecule has 0 spiro atoms. The number of nitriles is 1. The second kappa shape index (κ2) is 6.23. The van der Waals surface area contributed by atoms with E-state index in [2.05, 4.69) is 4.74 Å². The van der Waals surface area contributed by atoms with Crippen molar-refractivity contribution in [3.05, 3.63) is 41.5 Å². The minimum Gasteiger partial charge on any atom is -0.469 e. The van der Waals surface area contributed by atoms with Crippen molar-refractivity contribution >= 4 is 17.8 Å². The van der Waals surface area contributed by atoms with Gasteiger partial charge in [0.15, 0.2) is 5.78 Å². The number of esters is 1. The molecule has 0 bridgehead atoms. The molecular weight excluding hydrogens is 218 g/mol. The molecule has 17 heavy (non-hydrogen) atoms. The minimum atomic E-state index is -0.564. The zero-order valence-corrected chi connectivity index (χ0v) is 9.34. The van der Waals surface area contributed by atoms with Gasteiger partial charge in [-0.05, 0) is 23.8 Å². The van der Waals surface area contributed by atoms with Gasteiger partial charge in [0, 0.05) is 0 Å². The van der Waals surface area contributed by atoms with Gasteiger partial charge in [0.25, 0.3) is 0 Å². The second-order valence-corrected chi connectivity index (χ2v) is 3.29. The highest BCUT2D eigenvalue weighted by atomic mass is 16.5. The summed E-state index contributed by atoms with van der Waals surface area (Å²) in [5, 5.41) is 8.69. The van der Waals surface area contributed by atoms with E-state index >= 15 is 0 Å². The van der Waals surface area contributed by atoms with E-state index in [1.807, 2.05) is 6.07 Å². The summed E-state index contributed by atoms with van der Waals surface area (Å²) in [5.41, 5.74) is 1.26. The van der Waals surface area contributed by atoms with E-state index in [0.29, 0.717) is 5.56 Å². The average molecular weight is 229 g/mol. The van der Waals surface area contributed by atoms with Gasteiger partial charge in [-0.1, -0.05) is 18.2 Å². The van der Waals surface area contributed by atoms with E-state index in [9.17, 15) is 9.59 Å². The maximum absolute atomic E-state index is 11.3. The van der Waals surface area contributed by atoms with Gasteiger partial charge < -0.3 is 4.74 Å². The number of benzene rings is 1. The molecule has 86 valence electrons. The summed E-state index contributed by atoms with van der Waals surface area (Å²) in [7, 11) is 1.23. The highest BCUT2D eigenvalue weighted by Gasteiger charge is 2.05. The van der Waals surface area contributed by atoms with Gasteiger partial charge in [0.2, 0.25) is 0 Å². The summed E-state index contributed by atoms with van der Waals surface area (Å²) in [6, 6.07) is 8.82. The SMILES string of the molecule is COC(=O)CC(=O)C=Cc1cccc(C#N)c1. The van der Waals surface area contributed by atoms with Crippen LogP contribution in [0.5, 0.6) is 0 Å². The molecule has 0 radical (unpaired) electrons. The first-order chi connectivity index (χ1) is 8.15. The molecule has 1 aromatic rings. The van der Waals surface area contributed by atoms with E-state index in [-0.39, 0.29) is 12.2 Å². The van der Waals surface area contributed by atoms with E-state index in [4.69, 9.17) is 5.26 Å². The number of allylic oxidation sites excluding steroid dienone is 1. The van der Waals surface area contributed by atoms with Crippen molar-refractivity contribution in [3.63, 3.8) is 0 Å². The Morgan fingerprint density at radius 3 is 2.88 bits per heavy atom. The molecule has 0 atom stereocenters. The molecule has 0 aliphatic carbocycles. The van der Waals surface area contributed by atoms with E-state index < -0.39 is 5.97 Å². The van der Waals surface area contributed by atoms with Crippen molar-refractivity contribution < 1.29 is 14.3 Å². The summed E-state index contributed by atoms with van der Waals surface area (Å²) >= 11 is 0. The van der Waals surface area contributed by atoms with Crippen LogP contribution in [0.1, 0.15) is 17.5 Å². The zero-order valence-electron chi connectivity index (χ0n) is 9.34. The van der Waals surface area contributed by atoms with Gasteiger partial charge in [0.05, 0.1) is 18.7 Å². The molecule has 0 aliphatic rings. The van der Waals surface area contributed by atoms with Crippen molar-refractivity contribution in [2.45, 2.75) is 6.42 Å². The van der Waals surface area contributed by atoms with Gasteiger partial charge in [0.1, 0.15) is 6.42 Å². The Hall–Kier alpha value is -2.41. The summed E-state index contributed by atoms with van der Waals surface area (Å²) in [5.74, 6) is -0.898. The molecule has 0 fully saturated rings. The first-order valence-electron chi connectivity index (χ1n) is 4.93. The van der Waals surface area contributed by atoms with Gasteiger partial charge >= 0.3 is 5.97 Å². The lowest BCUT2D eigenvalue weighted by atomic mass is 10.1. The molecule has 0 heterocycles. The number of hydrogen-bond acceptors (Lipinski definition) is 4. The normalized spacial score (nSPS) is 9.88. The Labute approximate surface area is 99.1 Å². The summed E-state index contributed by atoms with van der Waals surface area (Å²) < 4.78 is 4.37. The summed E-state index contributed by atoms with van der Waals surface area (Å²) in [4.78, 5) is 22.1. The van der Waals surface area contributed by atoms with Crippen LogP contribution in [0.25, 0.3) is 6.08 Å². The molecule has 1 rings (SSSR count). The highest BCUT2D eigenvalue weighted by molar-refractivity contribution is 6.03. The predicted molar refractivity (Wildman–Crippen MR) is 61.8 cm³/mol. The van der Waals surface area contributed by atoms with E-state index in [0.717, 1.165) is 5.56 Å². The molecule has 0 aliphatic heterocycles. The lowest BCUT2D eigenvalue weighted by Crippen LogP contribution is -2.06. The van der Waals surface area contributed by atoms with Crippen molar-refractivity contribution in [3.8, 4) is 6.07 Å². The van der Waals surface area contributed by atoms with Gasteiger partial charge in [-0.3, -0.25) is 9.59 Å². The largest absolute Gasteiger partial charge is 0.469 e. The van der Waals surface area contributed by atoms with Crippen LogP contribution < -0.4 is 0 Å². The molecule has 0 saturated heterocycles. The lowest BCUT2D eigenvalue weighted by Gasteiger charge is -1.95. The quantitative estimate of drug-likeness (QED) is 0.447. The molecule has 0 saturated carbocycles. The average Bonchev–Trinajstić information content (AvgIpc) is 2.36. The fourth-order valence-electron chi connectivity index (χ4n) is 1.17. The van der Waals surface area contributed by atoms with E-state index in [1.54, 1.807) is 30.3 Å². The van der Waals surface area contributed by atoms with Crippen molar-refractivity contribution in [1.29, 1.82) is 5.26 Å². The monoisotopic (exact) mass is 229 g/mol. The van der Waals surface area contributed by atoms with Gasteiger partial charge in [-0.2, -0.15) is 5.26 Å². The van der Waals surface area contributed by atoms with Gasteiger partial charge in [-0.25, -0.2) is 0 Å². The third kappa shape index (κ3) is 4.31. The van der Waals surface area contributed by atoms with Crippen molar-refractivity contribution in [2.75, 3.05) is 7.11 Å². The molecule has 4 nitrogen and oxygen atoms in total. The first kappa shape index (κ1) is 12.7. The van der Waals surface area contributed by atoms with Crippen LogP contribution in [0.15, 0.2) is 30.3 Å². The predicted octanol–water partition coefficient (Wildman–Crippen LogP) is 1.70. The summed E-state index contributed by atoms with van der Waals surface area (Å²) in [6.07, 6.45) is 2.59. The molecular formula is C13H11NO3. The van der Waals surface area contributed by atoms with Crippen LogP contribution in [-0.4, -0.2) is 18.9 Å².